The predicted octanol–water partition coefficient (Wildman–Crippen LogP) is 0.285. The molecule has 1 rings (SSSR count). The minimum absolute atomic E-state index is 0. The van der Waals surface area contributed by atoms with Crippen LogP contribution in [0.4, 0.5) is 4.79 Å². The van der Waals surface area contributed by atoms with Gasteiger partial charge < -0.3 is 15.7 Å². The first-order chi connectivity index (χ1) is 4.79. The number of carbonyl (C=O) groups is 1. The molecule has 3 N–H and O–H groups in total. The third-order valence-electron chi connectivity index (χ3n) is 1.70. The summed E-state index contributed by atoms with van der Waals surface area (Å²) in [5, 5.41) is 13.8. The second-order valence-electron chi connectivity index (χ2n) is 2.54. The van der Waals surface area contributed by atoms with Crippen LogP contribution in [0.5, 0.6) is 0 Å². The Morgan fingerprint density at radius 1 is 1.73 bits per heavy atom. The summed E-state index contributed by atoms with van der Waals surface area (Å²) in [6, 6.07) is 0. The fourth-order valence-electron chi connectivity index (χ4n) is 1.12. The molecule has 0 spiro atoms. The van der Waals surface area contributed by atoms with Gasteiger partial charge in [-0.3, -0.25) is 0 Å². The van der Waals surface area contributed by atoms with E-state index in [4.69, 9.17) is 5.11 Å². The van der Waals surface area contributed by atoms with Gasteiger partial charge >= 0.3 is 6.09 Å². The molecule has 1 aliphatic rings. The van der Waals surface area contributed by atoms with Crippen molar-refractivity contribution in [2.75, 3.05) is 19.6 Å². The number of hydrogen-bond acceptors (Lipinski definition) is 2. The lowest BCUT2D eigenvalue weighted by Gasteiger charge is -2.05. The van der Waals surface area contributed by atoms with Crippen molar-refractivity contribution in [3.05, 3.63) is 0 Å². The Balaban J connectivity index is 0.000001000. The van der Waals surface area contributed by atoms with Gasteiger partial charge in [-0.15, -0.1) is 12.4 Å². The SMILES string of the molecule is Cl.O=C(O)NC[C@@H]1CCNC1. The zero-order valence-electron chi connectivity index (χ0n) is 6.17. The number of hydrogen-bond donors (Lipinski definition) is 3. The Kier molecular flexibility index (Phi) is 4.98. The molecule has 0 aliphatic carbocycles. The Morgan fingerprint density at radius 3 is 2.91 bits per heavy atom. The van der Waals surface area contributed by atoms with E-state index in [-0.39, 0.29) is 12.4 Å². The minimum Gasteiger partial charge on any atom is -0.465 e. The van der Waals surface area contributed by atoms with Gasteiger partial charge in [0, 0.05) is 6.54 Å². The Bertz CT molecular complexity index is 126. The Morgan fingerprint density at radius 2 is 2.45 bits per heavy atom. The summed E-state index contributed by atoms with van der Waals surface area (Å²) in [6.07, 6.45) is 0.159. The monoisotopic (exact) mass is 180 g/mol. The van der Waals surface area contributed by atoms with Crippen LogP contribution in [0.3, 0.4) is 0 Å². The number of rotatable bonds is 2. The van der Waals surface area contributed by atoms with Crippen molar-refractivity contribution >= 4 is 18.5 Å². The van der Waals surface area contributed by atoms with E-state index in [0.717, 1.165) is 19.5 Å². The van der Waals surface area contributed by atoms with Crippen LogP contribution in [-0.4, -0.2) is 30.8 Å². The first-order valence-electron chi connectivity index (χ1n) is 3.46. The van der Waals surface area contributed by atoms with Gasteiger partial charge in [-0.05, 0) is 25.4 Å². The molecule has 5 heteroatoms. The van der Waals surface area contributed by atoms with Crippen LogP contribution in [0.1, 0.15) is 6.42 Å². The molecule has 0 aromatic carbocycles. The summed E-state index contributed by atoms with van der Waals surface area (Å²) in [4.78, 5) is 10.0. The average molecular weight is 181 g/mol. The molecule has 1 aliphatic heterocycles. The number of amides is 1. The summed E-state index contributed by atoms with van der Waals surface area (Å²) in [5.41, 5.74) is 0. The summed E-state index contributed by atoms with van der Waals surface area (Å²) >= 11 is 0. The van der Waals surface area contributed by atoms with Crippen LogP contribution >= 0.6 is 12.4 Å². The zero-order chi connectivity index (χ0) is 7.40. The van der Waals surface area contributed by atoms with Gasteiger partial charge in [0.05, 0.1) is 0 Å². The van der Waals surface area contributed by atoms with Crippen LogP contribution in [0.15, 0.2) is 0 Å². The normalized spacial score (nSPS) is 22.4. The molecule has 1 amide bonds. The smallest absolute Gasteiger partial charge is 0.404 e. The van der Waals surface area contributed by atoms with E-state index in [1.807, 2.05) is 0 Å². The third-order valence-corrected chi connectivity index (χ3v) is 1.70. The molecule has 0 aromatic heterocycles. The van der Waals surface area contributed by atoms with E-state index in [0.29, 0.717) is 12.5 Å². The van der Waals surface area contributed by atoms with Crippen molar-refractivity contribution in [1.29, 1.82) is 0 Å². The van der Waals surface area contributed by atoms with Crippen molar-refractivity contribution in [3.8, 4) is 0 Å². The van der Waals surface area contributed by atoms with Gasteiger partial charge in [0.15, 0.2) is 0 Å². The molecule has 0 radical (unpaired) electrons. The molecular formula is C6H13ClN2O2. The average Bonchev–Trinajstić information content (AvgIpc) is 2.34. The standard InChI is InChI=1S/C6H12N2O2.ClH/c9-6(10)8-4-5-1-2-7-3-5;/h5,7-8H,1-4H2,(H,9,10);1H/t5-;/m1./s1. The van der Waals surface area contributed by atoms with Crippen molar-refractivity contribution in [2.45, 2.75) is 6.42 Å². The van der Waals surface area contributed by atoms with Crippen LogP contribution in [0.25, 0.3) is 0 Å². The summed E-state index contributed by atoms with van der Waals surface area (Å²) in [5.74, 6) is 0.496. The molecule has 0 aromatic rings. The van der Waals surface area contributed by atoms with Crippen LogP contribution < -0.4 is 10.6 Å². The maximum atomic E-state index is 10.0. The van der Waals surface area contributed by atoms with Crippen molar-refractivity contribution < 1.29 is 9.90 Å². The second kappa shape index (κ2) is 5.21. The van der Waals surface area contributed by atoms with E-state index in [1.54, 1.807) is 0 Å². The summed E-state index contributed by atoms with van der Waals surface area (Å²) in [7, 11) is 0. The molecule has 4 nitrogen and oxygen atoms in total. The summed E-state index contributed by atoms with van der Waals surface area (Å²) in [6.45, 7) is 2.55. The topological polar surface area (TPSA) is 61.4 Å². The fourth-order valence-corrected chi connectivity index (χ4v) is 1.12. The van der Waals surface area contributed by atoms with E-state index < -0.39 is 6.09 Å². The van der Waals surface area contributed by atoms with Crippen LogP contribution in [0, 0.1) is 5.92 Å². The highest BCUT2D eigenvalue weighted by molar-refractivity contribution is 5.85. The fraction of sp³-hybridized carbons (Fsp3) is 0.833. The first kappa shape index (κ1) is 10.5. The zero-order valence-corrected chi connectivity index (χ0v) is 6.99. The molecular weight excluding hydrogens is 168 g/mol. The maximum absolute atomic E-state index is 10.0. The van der Waals surface area contributed by atoms with Gasteiger partial charge in [-0.25, -0.2) is 4.79 Å². The third kappa shape index (κ3) is 4.06. The highest BCUT2D eigenvalue weighted by Crippen LogP contribution is 2.04. The molecule has 1 saturated heterocycles. The molecule has 66 valence electrons. The predicted molar refractivity (Wildman–Crippen MR) is 44.3 cm³/mol. The largest absolute Gasteiger partial charge is 0.465 e. The molecule has 0 saturated carbocycles. The number of nitrogens with one attached hydrogen (secondary N) is 2. The molecule has 1 fully saturated rings. The van der Waals surface area contributed by atoms with E-state index in [9.17, 15) is 4.79 Å². The second-order valence-corrected chi connectivity index (χ2v) is 2.54. The summed E-state index contributed by atoms with van der Waals surface area (Å²) < 4.78 is 0. The van der Waals surface area contributed by atoms with E-state index in [1.165, 1.54) is 0 Å². The first-order valence-corrected chi connectivity index (χ1v) is 3.46. The number of carboxylic acid groups (broad SMARTS) is 1. The van der Waals surface area contributed by atoms with Gasteiger partial charge in [0.2, 0.25) is 0 Å². The molecule has 1 heterocycles. The van der Waals surface area contributed by atoms with Gasteiger partial charge in [0.1, 0.15) is 0 Å². The van der Waals surface area contributed by atoms with E-state index >= 15 is 0 Å². The Hall–Kier alpha value is -0.480. The lowest BCUT2D eigenvalue weighted by atomic mass is 10.1. The minimum atomic E-state index is -0.924. The highest BCUT2D eigenvalue weighted by Gasteiger charge is 2.14. The Labute approximate surface area is 71.8 Å². The highest BCUT2D eigenvalue weighted by atomic mass is 35.5. The molecule has 1 atom stereocenters. The van der Waals surface area contributed by atoms with Gasteiger partial charge in [0.25, 0.3) is 0 Å². The lowest BCUT2D eigenvalue weighted by Crippen LogP contribution is -2.28. The van der Waals surface area contributed by atoms with Gasteiger partial charge in [-0.1, -0.05) is 0 Å². The van der Waals surface area contributed by atoms with E-state index in [2.05, 4.69) is 10.6 Å². The maximum Gasteiger partial charge on any atom is 0.404 e. The lowest BCUT2D eigenvalue weighted by molar-refractivity contribution is 0.192. The quantitative estimate of drug-likeness (QED) is 0.572. The number of halogens is 1. The van der Waals surface area contributed by atoms with Crippen molar-refractivity contribution in [3.63, 3.8) is 0 Å². The molecule has 11 heavy (non-hydrogen) atoms. The van der Waals surface area contributed by atoms with Crippen molar-refractivity contribution in [1.82, 2.24) is 10.6 Å². The van der Waals surface area contributed by atoms with Crippen LogP contribution in [-0.2, 0) is 0 Å². The van der Waals surface area contributed by atoms with Crippen LogP contribution in [0.2, 0.25) is 0 Å². The van der Waals surface area contributed by atoms with Gasteiger partial charge in [-0.2, -0.15) is 0 Å². The van der Waals surface area contributed by atoms with Crippen molar-refractivity contribution in [2.24, 2.45) is 5.92 Å². The molecule has 0 unspecified atom stereocenters. The molecule has 0 bridgehead atoms.